The first-order valence-electron chi connectivity index (χ1n) is 9.90. The van der Waals surface area contributed by atoms with E-state index in [9.17, 15) is 9.18 Å². The Hall–Kier alpha value is -3.19. The Morgan fingerprint density at radius 1 is 1.27 bits per heavy atom. The third kappa shape index (κ3) is 3.93. The van der Waals surface area contributed by atoms with E-state index in [-0.39, 0.29) is 11.7 Å². The molecule has 0 unspecified atom stereocenters. The van der Waals surface area contributed by atoms with Gasteiger partial charge in [-0.05, 0) is 47.9 Å². The van der Waals surface area contributed by atoms with Gasteiger partial charge in [0.1, 0.15) is 17.2 Å². The molecule has 3 aromatic rings. The van der Waals surface area contributed by atoms with E-state index in [1.54, 1.807) is 38.4 Å². The molecule has 6 nitrogen and oxygen atoms in total. The van der Waals surface area contributed by atoms with Crippen LogP contribution in [0.25, 0.3) is 27.7 Å². The van der Waals surface area contributed by atoms with Crippen molar-refractivity contribution in [3.8, 4) is 16.9 Å². The summed E-state index contributed by atoms with van der Waals surface area (Å²) < 4.78 is 19.4. The van der Waals surface area contributed by atoms with Crippen molar-refractivity contribution in [2.75, 3.05) is 40.8 Å². The number of carbonyl (C=O) groups is 1. The molecule has 0 atom stereocenters. The fraction of sp³-hybridized carbons (Fsp3) is 0.304. The van der Waals surface area contributed by atoms with Crippen LogP contribution in [0.5, 0.6) is 5.75 Å². The Morgan fingerprint density at radius 2 is 2.10 bits per heavy atom. The van der Waals surface area contributed by atoms with Crippen molar-refractivity contribution < 1.29 is 13.9 Å². The van der Waals surface area contributed by atoms with Crippen LogP contribution >= 0.6 is 0 Å². The van der Waals surface area contributed by atoms with E-state index in [2.05, 4.69) is 20.9 Å². The lowest BCUT2D eigenvalue weighted by Crippen LogP contribution is -2.39. The van der Waals surface area contributed by atoms with E-state index in [1.165, 1.54) is 12.1 Å². The number of carbonyl (C=O) groups excluding carboxylic acids is 1. The smallest absolute Gasteiger partial charge is 0.236 e. The third-order valence-corrected chi connectivity index (χ3v) is 5.42. The van der Waals surface area contributed by atoms with Gasteiger partial charge in [-0.15, -0.1) is 0 Å². The SMILES string of the molecule is COc1ccc(F)cc1-c1ccnc2[nH]c(C3=CCCN(CC(=O)N(C)C)C3)cc12. The second-order valence-corrected chi connectivity index (χ2v) is 7.67. The van der Waals surface area contributed by atoms with Gasteiger partial charge in [0.15, 0.2) is 0 Å². The molecule has 0 aliphatic carbocycles. The molecule has 0 radical (unpaired) electrons. The van der Waals surface area contributed by atoms with E-state index in [1.807, 2.05) is 12.1 Å². The molecule has 0 saturated carbocycles. The van der Waals surface area contributed by atoms with Gasteiger partial charge in [0.25, 0.3) is 0 Å². The highest BCUT2D eigenvalue weighted by Crippen LogP contribution is 2.36. The predicted octanol–water partition coefficient (Wildman–Crippen LogP) is 3.55. The highest BCUT2D eigenvalue weighted by molar-refractivity contribution is 5.96. The summed E-state index contributed by atoms with van der Waals surface area (Å²) in [4.78, 5) is 23.7. The Bertz CT molecular complexity index is 1120. The molecule has 0 bridgehead atoms. The van der Waals surface area contributed by atoms with E-state index < -0.39 is 0 Å². The maximum Gasteiger partial charge on any atom is 0.236 e. The van der Waals surface area contributed by atoms with Gasteiger partial charge in [-0.25, -0.2) is 9.37 Å². The van der Waals surface area contributed by atoms with Gasteiger partial charge in [0.05, 0.1) is 13.7 Å². The minimum atomic E-state index is -0.317. The number of benzene rings is 1. The van der Waals surface area contributed by atoms with Crippen molar-refractivity contribution in [2.24, 2.45) is 0 Å². The van der Waals surface area contributed by atoms with E-state index in [4.69, 9.17) is 4.74 Å². The number of aromatic nitrogens is 2. The Labute approximate surface area is 175 Å². The zero-order valence-corrected chi connectivity index (χ0v) is 17.4. The molecule has 0 fully saturated rings. The van der Waals surface area contributed by atoms with E-state index in [0.29, 0.717) is 24.4 Å². The van der Waals surface area contributed by atoms with Crippen LogP contribution in [0, 0.1) is 5.82 Å². The summed E-state index contributed by atoms with van der Waals surface area (Å²) in [6.07, 6.45) is 4.78. The number of halogens is 1. The van der Waals surface area contributed by atoms with Gasteiger partial charge in [0.2, 0.25) is 5.91 Å². The molecular formula is C23H25FN4O2. The van der Waals surface area contributed by atoms with Gasteiger partial charge in [-0.3, -0.25) is 9.69 Å². The molecule has 1 aliphatic heterocycles. The maximum atomic E-state index is 13.9. The average molecular weight is 408 g/mol. The summed E-state index contributed by atoms with van der Waals surface area (Å²) in [5.41, 5.74) is 4.36. The van der Waals surface area contributed by atoms with Crippen LogP contribution in [0.2, 0.25) is 0 Å². The number of rotatable bonds is 5. The molecule has 1 N–H and O–H groups in total. The molecule has 1 aromatic carbocycles. The van der Waals surface area contributed by atoms with Crippen LogP contribution in [-0.4, -0.2) is 66.5 Å². The van der Waals surface area contributed by atoms with Crippen molar-refractivity contribution >= 4 is 22.5 Å². The summed E-state index contributed by atoms with van der Waals surface area (Å²) in [5.74, 6) is 0.384. The number of amides is 1. The third-order valence-electron chi connectivity index (χ3n) is 5.42. The van der Waals surface area contributed by atoms with Crippen LogP contribution in [0.1, 0.15) is 12.1 Å². The molecular weight excluding hydrogens is 383 g/mol. The maximum absolute atomic E-state index is 13.9. The number of methoxy groups -OCH3 is 1. The van der Waals surface area contributed by atoms with Crippen LogP contribution in [0.4, 0.5) is 4.39 Å². The molecule has 3 heterocycles. The summed E-state index contributed by atoms with van der Waals surface area (Å²) >= 11 is 0. The zero-order chi connectivity index (χ0) is 21.3. The molecule has 30 heavy (non-hydrogen) atoms. The highest BCUT2D eigenvalue weighted by Gasteiger charge is 2.20. The van der Waals surface area contributed by atoms with E-state index >= 15 is 0 Å². The Kier molecular flexibility index (Phi) is 5.55. The lowest BCUT2D eigenvalue weighted by Gasteiger charge is -2.27. The number of aromatic amines is 1. The summed E-state index contributed by atoms with van der Waals surface area (Å²) in [6, 6.07) is 8.42. The number of likely N-dealkylation sites (N-methyl/N-ethyl adjacent to an activating group) is 1. The van der Waals surface area contributed by atoms with Crippen LogP contribution in [0.15, 0.2) is 42.6 Å². The summed E-state index contributed by atoms with van der Waals surface area (Å²) in [6.45, 7) is 1.94. The first-order chi connectivity index (χ1) is 14.5. The van der Waals surface area contributed by atoms with Crippen LogP contribution < -0.4 is 4.74 Å². The number of nitrogens with zero attached hydrogens (tertiary/aromatic N) is 3. The highest BCUT2D eigenvalue weighted by atomic mass is 19.1. The van der Waals surface area contributed by atoms with Crippen molar-refractivity contribution in [1.82, 2.24) is 19.8 Å². The minimum absolute atomic E-state index is 0.0926. The fourth-order valence-electron chi connectivity index (χ4n) is 3.79. The van der Waals surface area contributed by atoms with Gasteiger partial charge in [0, 0.05) is 50.0 Å². The van der Waals surface area contributed by atoms with Crippen molar-refractivity contribution in [3.63, 3.8) is 0 Å². The zero-order valence-electron chi connectivity index (χ0n) is 17.4. The monoisotopic (exact) mass is 408 g/mol. The number of H-pyrrole nitrogens is 1. The lowest BCUT2D eigenvalue weighted by molar-refractivity contribution is -0.129. The molecule has 0 saturated heterocycles. The number of hydrogen-bond acceptors (Lipinski definition) is 4. The molecule has 156 valence electrons. The van der Waals surface area contributed by atoms with Crippen molar-refractivity contribution in [1.29, 1.82) is 0 Å². The predicted molar refractivity (Wildman–Crippen MR) is 116 cm³/mol. The molecule has 7 heteroatoms. The first kappa shape index (κ1) is 20.1. The number of nitrogens with one attached hydrogen (secondary N) is 1. The van der Waals surface area contributed by atoms with Gasteiger partial charge >= 0.3 is 0 Å². The van der Waals surface area contributed by atoms with Gasteiger partial charge in [-0.1, -0.05) is 6.08 Å². The number of hydrogen-bond donors (Lipinski definition) is 1. The second kappa shape index (κ2) is 8.28. The topological polar surface area (TPSA) is 61.5 Å². The first-order valence-corrected chi connectivity index (χ1v) is 9.90. The largest absolute Gasteiger partial charge is 0.496 e. The molecule has 1 amide bonds. The standard InChI is InChI=1S/C23H25FN4O2/c1-27(2)22(29)14-28-10-4-5-15(13-28)20-12-19-17(8-9-25-23(19)26-20)18-11-16(24)6-7-21(18)30-3/h5-9,11-12H,4,10,13-14H2,1-3H3,(H,25,26). The fourth-order valence-corrected chi connectivity index (χ4v) is 3.79. The Morgan fingerprint density at radius 3 is 2.87 bits per heavy atom. The van der Waals surface area contributed by atoms with Gasteiger partial charge < -0.3 is 14.6 Å². The van der Waals surface area contributed by atoms with Crippen molar-refractivity contribution in [3.05, 3.63) is 54.1 Å². The van der Waals surface area contributed by atoms with Gasteiger partial charge in [-0.2, -0.15) is 0 Å². The molecule has 2 aromatic heterocycles. The minimum Gasteiger partial charge on any atom is -0.496 e. The van der Waals surface area contributed by atoms with Crippen LogP contribution in [0.3, 0.4) is 0 Å². The summed E-state index contributed by atoms with van der Waals surface area (Å²) in [7, 11) is 5.12. The molecule has 0 spiro atoms. The number of fused-ring (bicyclic) bond motifs is 1. The molecule has 4 rings (SSSR count). The second-order valence-electron chi connectivity index (χ2n) is 7.67. The number of ether oxygens (including phenoxy) is 1. The normalized spacial score (nSPS) is 14.6. The summed E-state index contributed by atoms with van der Waals surface area (Å²) in [5, 5.41) is 0.902. The number of pyridine rings is 1. The van der Waals surface area contributed by atoms with Crippen molar-refractivity contribution in [2.45, 2.75) is 6.42 Å². The Balaban J connectivity index is 1.68. The quantitative estimate of drug-likeness (QED) is 0.701. The molecule has 1 aliphatic rings. The lowest BCUT2D eigenvalue weighted by atomic mass is 10.0. The van der Waals surface area contributed by atoms with Crippen LogP contribution in [-0.2, 0) is 4.79 Å². The average Bonchev–Trinajstić information content (AvgIpc) is 3.18. The van der Waals surface area contributed by atoms with E-state index in [0.717, 1.165) is 40.8 Å².